The highest BCUT2D eigenvalue weighted by atomic mass is 32.2. The van der Waals surface area contributed by atoms with E-state index in [-0.39, 0.29) is 29.3 Å². The molecule has 0 aliphatic carbocycles. The number of Topliss-reactive ketones (excluding diaryl/α,β-unsaturated/α-hetero) is 1. The van der Waals surface area contributed by atoms with Crippen molar-refractivity contribution < 1.29 is 22.7 Å². The molecule has 0 saturated carbocycles. The molecule has 2 heterocycles. The van der Waals surface area contributed by atoms with Crippen LogP contribution in [0.25, 0.3) is 0 Å². The van der Waals surface area contributed by atoms with Crippen molar-refractivity contribution in [2.24, 2.45) is 0 Å². The second-order valence-electron chi connectivity index (χ2n) is 6.21. The van der Waals surface area contributed by atoms with Crippen LogP contribution >= 0.6 is 0 Å². The summed E-state index contributed by atoms with van der Waals surface area (Å²) >= 11 is 0. The predicted octanol–water partition coefficient (Wildman–Crippen LogP) is 1.92. The van der Waals surface area contributed by atoms with Crippen LogP contribution in [0, 0.1) is 0 Å². The molecule has 3 rings (SSSR count). The maximum Gasteiger partial charge on any atom is 0.319 e. The van der Waals surface area contributed by atoms with Gasteiger partial charge in [0, 0.05) is 24.4 Å². The van der Waals surface area contributed by atoms with Crippen LogP contribution in [0.5, 0.6) is 11.9 Å². The van der Waals surface area contributed by atoms with E-state index in [4.69, 9.17) is 9.47 Å². The molecule has 1 aromatic carbocycles. The first-order valence-electron chi connectivity index (χ1n) is 8.55. The first-order chi connectivity index (χ1) is 12.9. The zero-order chi connectivity index (χ0) is 19.4. The number of piperidine rings is 1. The first kappa shape index (κ1) is 19.2. The van der Waals surface area contributed by atoms with E-state index in [0.717, 1.165) is 0 Å². The number of hydrogen-bond donors (Lipinski definition) is 0. The van der Waals surface area contributed by atoms with E-state index in [9.17, 15) is 13.2 Å². The molecule has 9 heteroatoms. The zero-order valence-corrected chi connectivity index (χ0v) is 16.0. The van der Waals surface area contributed by atoms with Gasteiger partial charge in [-0.1, -0.05) is 12.1 Å². The number of hydrogen-bond acceptors (Lipinski definition) is 7. The highest BCUT2D eigenvalue weighted by Gasteiger charge is 2.31. The SMILES string of the molecule is COc1nccc(OC2CCCN(S(=O)(=O)c3cccc(C(C)=O)c3)C2)n1. The van der Waals surface area contributed by atoms with E-state index in [1.165, 1.54) is 36.7 Å². The van der Waals surface area contributed by atoms with Crippen LogP contribution < -0.4 is 9.47 Å². The Morgan fingerprint density at radius 2 is 2.11 bits per heavy atom. The van der Waals surface area contributed by atoms with Crippen LogP contribution in [0.4, 0.5) is 0 Å². The van der Waals surface area contributed by atoms with Crippen molar-refractivity contribution in [3.05, 3.63) is 42.1 Å². The van der Waals surface area contributed by atoms with Gasteiger partial charge in [0.25, 0.3) is 0 Å². The van der Waals surface area contributed by atoms with Gasteiger partial charge in [-0.25, -0.2) is 13.4 Å². The highest BCUT2D eigenvalue weighted by molar-refractivity contribution is 7.89. The zero-order valence-electron chi connectivity index (χ0n) is 15.2. The van der Waals surface area contributed by atoms with Crippen molar-refractivity contribution in [2.45, 2.75) is 30.8 Å². The third kappa shape index (κ3) is 4.42. The molecule has 0 radical (unpaired) electrons. The molecular formula is C18H21N3O5S. The first-order valence-corrected chi connectivity index (χ1v) is 9.99. The molecule has 0 amide bonds. The minimum absolute atomic E-state index is 0.111. The quantitative estimate of drug-likeness (QED) is 0.694. The van der Waals surface area contributed by atoms with Crippen LogP contribution in [0.3, 0.4) is 0 Å². The van der Waals surface area contributed by atoms with Crippen LogP contribution in [-0.2, 0) is 10.0 Å². The van der Waals surface area contributed by atoms with E-state index >= 15 is 0 Å². The largest absolute Gasteiger partial charge is 0.473 e. The average Bonchev–Trinajstić information content (AvgIpc) is 2.68. The molecule has 0 N–H and O–H groups in total. The Morgan fingerprint density at radius 1 is 1.30 bits per heavy atom. The van der Waals surface area contributed by atoms with Crippen LogP contribution in [0.15, 0.2) is 41.4 Å². The van der Waals surface area contributed by atoms with Gasteiger partial charge >= 0.3 is 6.01 Å². The maximum atomic E-state index is 13.0. The fourth-order valence-corrected chi connectivity index (χ4v) is 4.46. The Balaban J connectivity index is 1.76. The van der Waals surface area contributed by atoms with Crippen LogP contribution in [0.2, 0.25) is 0 Å². The molecule has 1 saturated heterocycles. The maximum absolute atomic E-state index is 13.0. The number of ketones is 1. The van der Waals surface area contributed by atoms with Gasteiger partial charge in [-0.15, -0.1) is 0 Å². The molecule has 1 fully saturated rings. The van der Waals surface area contributed by atoms with Gasteiger partial charge in [-0.2, -0.15) is 9.29 Å². The molecule has 0 bridgehead atoms. The Bertz CT molecular complexity index is 932. The monoisotopic (exact) mass is 391 g/mol. The Kier molecular flexibility index (Phi) is 5.71. The number of benzene rings is 1. The molecule has 1 aliphatic rings. The summed E-state index contributed by atoms with van der Waals surface area (Å²) in [6.07, 6.45) is 2.57. The van der Waals surface area contributed by atoms with Gasteiger partial charge in [0.1, 0.15) is 6.10 Å². The number of carbonyl (C=O) groups is 1. The standard InChI is InChI=1S/C18H21N3O5S/c1-13(22)14-5-3-7-16(11-14)27(23,24)21-10-4-6-15(12-21)26-17-8-9-19-18(20-17)25-2/h3,5,7-9,11,15H,4,6,10,12H2,1-2H3. The molecule has 1 aliphatic heterocycles. The molecule has 8 nitrogen and oxygen atoms in total. The third-order valence-electron chi connectivity index (χ3n) is 4.30. The molecule has 1 unspecified atom stereocenters. The number of methoxy groups -OCH3 is 1. The lowest BCUT2D eigenvalue weighted by atomic mass is 10.1. The summed E-state index contributed by atoms with van der Waals surface area (Å²) in [5.41, 5.74) is 0.369. The molecule has 0 spiro atoms. The van der Waals surface area contributed by atoms with Crippen molar-refractivity contribution in [2.75, 3.05) is 20.2 Å². The Hall–Kier alpha value is -2.52. The minimum atomic E-state index is -3.71. The number of sulfonamides is 1. The summed E-state index contributed by atoms with van der Waals surface area (Å²) < 4.78 is 38.1. The molecule has 2 aromatic rings. The lowest BCUT2D eigenvalue weighted by molar-refractivity contribution is 0.101. The highest BCUT2D eigenvalue weighted by Crippen LogP contribution is 2.24. The molecule has 1 atom stereocenters. The summed E-state index contributed by atoms with van der Waals surface area (Å²) in [6, 6.07) is 7.89. The second kappa shape index (κ2) is 8.01. The lowest BCUT2D eigenvalue weighted by Crippen LogP contribution is -2.44. The average molecular weight is 391 g/mol. The molecule has 1 aromatic heterocycles. The van der Waals surface area contributed by atoms with Gasteiger partial charge in [-0.3, -0.25) is 4.79 Å². The van der Waals surface area contributed by atoms with E-state index < -0.39 is 10.0 Å². The van der Waals surface area contributed by atoms with E-state index in [0.29, 0.717) is 30.8 Å². The summed E-state index contributed by atoms with van der Waals surface area (Å²) in [4.78, 5) is 19.7. The van der Waals surface area contributed by atoms with Crippen LogP contribution in [0.1, 0.15) is 30.1 Å². The number of aromatic nitrogens is 2. The number of ether oxygens (including phenoxy) is 2. The number of rotatable bonds is 6. The molecular weight excluding hydrogens is 370 g/mol. The van der Waals surface area contributed by atoms with Crippen molar-refractivity contribution in [3.8, 4) is 11.9 Å². The third-order valence-corrected chi connectivity index (χ3v) is 6.16. The fraction of sp³-hybridized carbons (Fsp3) is 0.389. The van der Waals surface area contributed by atoms with Gasteiger partial charge < -0.3 is 9.47 Å². The summed E-state index contributed by atoms with van der Waals surface area (Å²) in [7, 11) is -2.25. The Morgan fingerprint density at radius 3 is 2.85 bits per heavy atom. The lowest BCUT2D eigenvalue weighted by Gasteiger charge is -2.31. The predicted molar refractivity (Wildman–Crippen MR) is 97.4 cm³/mol. The van der Waals surface area contributed by atoms with Crippen molar-refractivity contribution in [3.63, 3.8) is 0 Å². The van der Waals surface area contributed by atoms with Crippen molar-refractivity contribution >= 4 is 15.8 Å². The van der Waals surface area contributed by atoms with Gasteiger partial charge in [0.15, 0.2) is 5.78 Å². The molecule has 144 valence electrons. The topological polar surface area (TPSA) is 98.7 Å². The normalized spacial score (nSPS) is 18.1. The van der Waals surface area contributed by atoms with Gasteiger partial charge in [-0.05, 0) is 31.9 Å². The number of nitrogens with zero attached hydrogens (tertiary/aromatic N) is 3. The van der Waals surface area contributed by atoms with Crippen molar-refractivity contribution in [1.29, 1.82) is 0 Å². The summed E-state index contributed by atoms with van der Waals surface area (Å²) in [6.45, 7) is 2.02. The number of carbonyl (C=O) groups excluding carboxylic acids is 1. The van der Waals surface area contributed by atoms with Gasteiger partial charge in [0.2, 0.25) is 15.9 Å². The van der Waals surface area contributed by atoms with E-state index in [1.54, 1.807) is 18.2 Å². The van der Waals surface area contributed by atoms with Crippen LogP contribution in [-0.4, -0.2) is 54.8 Å². The smallest absolute Gasteiger partial charge is 0.319 e. The van der Waals surface area contributed by atoms with Gasteiger partial charge in [0.05, 0.1) is 18.6 Å². The summed E-state index contributed by atoms with van der Waals surface area (Å²) in [5.74, 6) is 0.161. The van der Waals surface area contributed by atoms with Crippen molar-refractivity contribution in [1.82, 2.24) is 14.3 Å². The summed E-state index contributed by atoms with van der Waals surface area (Å²) in [5, 5.41) is 0. The molecule has 27 heavy (non-hydrogen) atoms. The second-order valence-corrected chi connectivity index (χ2v) is 8.15. The minimum Gasteiger partial charge on any atom is -0.473 e. The van der Waals surface area contributed by atoms with E-state index in [2.05, 4.69) is 9.97 Å². The Labute approximate surface area is 158 Å². The van der Waals surface area contributed by atoms with E-state index in [1.807, 2.05) is 0 Å². The fourth-order valence-electron chi connectivity index (χ4n) is 2.90.